The molecule has 2 heterocycles. The van der Waals surface area contributed by atoms with Gasteiger partial charge in [-0.1, -0.05) is 11.6 Å². The molecule has 0 saturated heterocycles. The van der Waals surface area contributed by atoms with Crippen molar-refractivity contribution in [1.29, 1.82) is 0 Å². The predicted molar refractivity (Wildman–Crippen MR) is 57.8 cm³/mol. The first-order chi connectivity index (χ1) is 7.09. The Morgan fingerprint density at radius 2 is 2.20 bits per heavy atom. The largest absolute Gasteiger partial charge is 0.303 e. The molecule has 80 valence electrons. The van der Waals surface area contributed by atoms with E-state index >= 15 is 0 Å². The number of anilines is 1. The van der Waals surface area contributed by atoms with Crippen LogP contribution < -0.4 is 5.43 Å². The van der Waals surface area contributed by atoms with Gasteiger partial charge in [-0.2, -0.15) is 19.6 Å². The lowest BCUT2D eigenvalue weighted by Crippen LogP contribution is -2.22. The van der Waals surface area contributed by atoms with Gasteiger partial charge >= 0.3 is 0 Å². The molecule has 7 heteroatoms. The lowest BCUT2D eigenvalue weighted by Gasteiger charge is -2.16. The Hall–Kier alpha value is -1.40. The van der Waals surface area contributed by atoms with Gasteiger partial charge in [0.05, 0.1) is 0 Å². The maximum atomic E-state index is 5.98. The van der Waals surface area contributed by atoms with E-state index in [0.717, 1.165) is 11.4 Å². The summed E-state index contributed by atoms with van der Waals surface area (Å²) < 4.78 is 1.61. The molecule has 0 aromatic carbocycles. The Kier molecular flexibility index (Phi) is 2.45. The smallest absolute Gasteiger partial charge is 0.255 e. The van der Waals surface area contributed by atoms with Gasteiger partial charge in [-0.25, -0.2) is 5.01 Å². The average molecular weight is 227 g/mol. The van der Waals surface area contributed by atoms with Crippen LogP contribution in [0.2, 0.25) is 5.15 Å². The maximum absolute atomic E-state index is 5.98. The van der Waals surface area contributed by atoms with Crippen molar-refractivity contribution in [2.45, 2.75) is 6.92 Å². The molecule has 0 radical (unpaired) electrons. The molecule has 15 heavy (non-hydrogen) atoms. The minimum Gasteiger partial charge on any atom is -0.303 e. The minimum absolute atomic E-state index is 0.430. The van der Waals surface area contributed by atoms with Crippen molar-refractivity contribution in [2.75, 3.05) is 19.5 Å². The van der Waals surface area contributed by atoms with E-state index < -0.39 is 0 Å². The fraction of sp³-hybridized carbons (Fsp3) is 0.375. The number of hydrogen-bond acceptors (Lipinski definition) is 5. The van der Waals surface area contributed by atoms with Gasteiger partial charge in [-0.05, 0) is 6.92 Å². The number of hydrogen-bond donors (Lipinski definition) is 1. The van der Waals surface area contributed by atoms with Gasteiger partial charge < -0.3 is 5.43 Å². The second-order valence-electron chi connectivity index (χ2n) is 3.35. The van der Waals surface area contributed by atoms with Crippen LogP contribution in [0, 0.1) is 6.92 Å². The Bertz CT molecular complexity index is 491. The summed E-state index contributed by atoms with van der Waals surface area (Å²) in [5, 5.41) is 6.30. The number of halogens is 1. The number of nitrogens with one attached hydrogen (secondary N) is 1. The van der Waals surface area contributed by atoms with Crippen LogP contribution in [0.5, 0.6) is 0 Å². The lowest BCUT2D eigenvalue weighted by atomic mass is 10.3. The average Bonchev–Trinajstić information content (AvgIpc) is 2.59. The highest BCUT2D eigenvalue weighted by Gasteiger charge is 2.11. The summed E-state index contributed by atoms with van der Waals surface area (Å²) in [5.41, 5.74) is 3.95. The summed E-state index contributed by atoms with van der Waals surface area (Å²) in [7, 11) is 3.77. The maximum Gasteiger partial charge on any atom is 0.255 e. The van der Waals surface area contributed by atoms with Crippen molar-refractivity contribution in [1.82, 2.24) is 24.6 Å². The van der Waals surface area contributed by atoms with Gasteiger partial charge in [0.1, 0.15) is 11.5 Å². The van der Waals surface area contributed by atoms with Gasteiger partial charge in [0.25, 0.3) is 5.78 Å². The molecule has 0 aliphatic rings. The normalized spacial score (nSPS) is 11.3. The Labute approximate surface area is 91.9 Å². The van der Waals surface area contributed by atoms with Gasteiger partial charge in [0.15, 0.2) is 5.82 Å². The third-order valence-corrected chi connectivity index (χ3v) is 2.30. The number of rotatable bonds is 2. The molecule has 0 fully saturated rings. The first kappa shape index (κ1) is 10.1. The van der Waals surface area contributed by atoms with Crippen molar-refractivity contribution < 1.29 is 0 Å². The molecule has 0 saturated carbocycles. The Balaban J connectivity index is 2.66. The summed E-state index contributed by atoms with van der Waals surface area (Å²) in [5.74, 6) is 1.25. The van der Waals surface area contributed by atoms with Crippen LogP contribution in [0.15, 0.2) is 6.33 Å². The Morgan fingerprint density at radius 3 is 2.87 bits per heavy atom. The SMILES string of the molecule is Cc1c(Cl)nc2ncnn2c1NN(C)C. The molecule has 2 rings (SSSR count). The molecule has 2 aromatic heterocycles. The molecule has 2 aromatic rings. The van der Waals surface area contributed by atoms with E-state index in [9.17, 15) is 0 Å². The van der Waals surface area contributed by atoms with E-state index in [1.165, 1.54) is 6.33 Å². The van der Waals surface area contributed by atoms with E-state index in [1.54, 1.807) is 9.52 Å². The quantitative estimate of drug-likeness (QED) is 0.611. The predicted octanol–water partition coefficient (Wildman–Crippen LogP) is 0.975. The zero-order valence-electron chi connectivity index (χ0n) is 8.69. The molecule has 0 aliphatic heterocycles. The van der Waals surface area contributed by atoms with Gasteiger partial charge in [0.2, 0.25) is 0 Å². The monoisotopic (exact) mass is 226 g/mol. The second kappa shape index (κ2) is 3.63. The molecular weight excluding hydrogens is 216 g/mol. The van der Waals surface area contributed by atoms with Gasteiger partial charge in [-0.3, -0.25) is 0 Å². The molecule has 6 nitrogen and oxygen atoms in total. The molecule has 0 atom stereocenters. The fourth-order valence-corrected chi connectivity index (χ4v) is 1.41. The minimum atomic E-state index is 0.430. The molecule has 0 aliphatic carbocycles. The van der Waals surface area contributed by atoms with Crippen molar-refractivity contribution in [3.63, 3.8) is 0 Å². The highest BCUT2D eigenvalue weighted by molar-refractivity contribution is 6.30. The summed E-state index contributed by atoms with van der Waals surface area (Å²) in [4.78, 5) is 8.09. The third kappa shape index (κ3) is 1.73. The number of nitrogens with zero attached hydrogens (tertiary/aromatic N) is 5. The first-order valence-corrected chi connectivity index (χ1v) is 4.77. The van der Waals surface area contributed by atoms with Crippen LogP contribution in [-0.4, -0.2) is 38.7 Å². The van der Waals surface area contributed by atoms with Crippen molar-refractivity contribution in [2.24, 2.45) is 0 Å². The topological polar surface area (TPSA) is 58.4 Å². The molecular formula is C8H11ClN6. The first-order valence-electron chi connectivity index (χ1n) is 4.39. The van der Waals surface area contributed by atoms with Gasteiger partial charge in [0, 0.05) is 19.7 Å². The van der Waals surface area contributed by atoms with Crippen molar-refractivity contribution >= 4 is 23.2 Å². The summed E-state index contributed by atoms with van der Waals surface area (Å²) in [6.45, 7) is 1.88. The highest BCUT2D eigenvalue weighted by atomic mass is 35.5. The van der Waals surface area contributed by atoms with Crippen molar-refractivity contribution in [3.05, 3.63) is 17.0 Å². The van der Waals surface area contributed by atoms with Crippen LogP contribution in [-0.2, 0) is 0 Å². The van der Waals surface area contributed by atoms with Crippen LogP contribution in [0.4, 0.5) is 5.82 Å². The van der Waals surface area contributed by atoms with E-state index in [2.05, 4.69) is 20.5 Å². The molecule has 0 amide bonds. The standard InChI is InChI=1S/C8H11ClN6/c1-5-6(9)12-8-10-4-11-15(8)7(5)13-14(2)3/h4,13H,1-3H3. The Morgan fingerprint density at radius 1 is 1.47 bits per heavy atom. The molecule has 0 unspecified atom stereocenters. The number of hydrazine groups is 1. The van der Waals surface area contributed by atoms with E-state index in [1.807, 2.05) is 21.0 Å². The van der Waals surface area contributed by atoms with Crippen LogP contribution in [0.1, 0.15) is 5.56 Å². The number of fused-ring (bicyclic) bond motifs is 1. The van der Waals surface area contributed by atoms with E-state index in [-0.39, 0.29) is 0 Å². The highest BCUT2D eigenvalue weighted by Crippen LogP contribution is 2.21. The second-order valence-corrected chi connectivity index (χ2v) is 3.71. The summed E-state index contributed by atoms with van der Waals surface area (Å²) in [6.07, 6.45) is 1.44. The zero-order valence-corrected chi connectivity index (χ0v) is 9.45. The van der Waals surface area contributed by atoms with E-state index in [0.29, 0.717) is 10.9 Å². The van der Waals surface area contributed by atoms with Crippen LogP contribution in [0.25, 0.3) is 5.78 Å². The number of aromatic nitrogens is 4. The fourth-order valence-electron chi connectivity index (χ4n) is 1.24. The van der Waals surface area contributed by atoms with Crippen LogP contribution >= 0.6 is 11.6 Å². The molecule has 1 N–H and O–H groups in total. The summed E-state index contributed by atoms with van der Waals surface area (Å²) in [6, 6.07) is 0. The lowest BCUT2D eigenvalue weighted by molar-refractivity contribution is 0.488. The van der Waals surface area contributed by atoms with Crippen molar-refractivity contribution in [3.8, 4) is 0 Å². The zero-order chi connectivity index (χ0) is 11.0. The van der Waals surface area contributed by atoms with Gasteiger partial charge in [-0.15, -0.1) is 0 Å². The van der Waals surface area contributed by atoms with Crippen LogP contribution in [0.3, 0.4) is 0 Å². The third-order valence-electron chi connectivity index (χ3n) is 1.93. The summed E-state index contributed by atoms with van der Waals surface area (Å²) >= 11 is 5.98. The van der Waals surface area contributed by atoms with E-state index in [4.69, 9.17) is 11.6 Å². The molecule has 0 spiro atoms. The molecule has 0 bridgehead atoms.